The summed E-state index contributed by atoms with van der Waals surface area (Å²) in [5.41, 5.74) is 1.03. The van der Waals surface area contributed by atoms with Crippen molar-refractivity contribution in [1.82, 2.24) is 5.32 Å². The van der Waals surface area contributed by atoms with Gasteiger partial charge in [0.05, 0.1) is 5.60 Å². The molecule has 1 aromatic rings. The van der Waals surface area contributed by atoms with Crippen molar-refractivity contribution in [3.05, 3.63) is 35.9 Å². The van der Waals surface area contributed by atoms with Gasteiger partial charge in [-0.2, -0.15) is 0 Å². The molecule has 2 nitrogen and oxygen atoms in total. The maximum atomic E-state index is 10.6. The van der Waals surface area contributed by atoms with Crippen LogP contribution in [-0.4, -0.2) is 23.3 Å². The Hall–Kier alpha value is -0.860. The Bertz CT molecular complexity index is 416. The minimum Gasteiger partial charge on any atom is -0.389 e. The molecular weight excluding hydrogens is 246 g/mol. The van der Waals surface area contributed by atoms with Crippen LogP contribution in [0.5, 0.6) is 0 Å². The van der Waals surface area contributed by atoms with Crippen LogP contribution < -0.4 is 5.32 Å². The highest BCUT2D eigenvalue weighted by atomic mass is 16.3. The van der Waals surface area contributed by atoms with Crippen molar-refractivity contribution in [3.8, 4) is 0 Å². The van der Waals surface area contributed by atoms with Crippen molar-refractivity contribution in [1.29, 1.82) is 0 Å². The fraction of sp³-hybridized carbons (Fsp3) is 0.667. The topological polar surface area (TPSA) is 32.3 Å². The molecule has 110 valence electrons. The molecule has 0 aliphatic heterocycles. The van der Waals surface area contributed by atoms with E-state index in [1.54, 1.807) is 0 Å². The summed E-state index contributed by atoms with van der Waals surface area (Å²) in [4.78, 5) is 0. The van der Waals surface area contributed by atoms with Crippen LogP contribution in [-0.2, 0) is 0 Å². The summed E-state index contributed by atoms with van der Waals surface area (Å²) in [6.07, 6.45) is 6.73. The van der Waals surface area contributed by atoms with Crippen LogP contribution in [0.2, 0.25) is 0 Å². The van der Waals surface area contributed by atoms with E-state index in [0.717, 1.165) is 31.2 Å². The summed E-state index contributed by atoms with van der Waals surface area (Å²) in [5.74, 6) is 1.51. The zero-order chi connectivity index (χ0) is 14.0. The molecule has 0 aromatic heterocycles. The van der Waals surface area contributed by atoms with E-state index in [4.69, 9.17) is 0 Å². The van der Waals surface area contributed by atoms with Gasteiger partial charge < -0.3 is 10.4 Å². The molecule has 3 rings (SSSR count). The summed E-state index contributed by atoms with van der Waals surface area (Å²) in [6.45, 7) is 3.08. The smallest absolute Gasteiger partial charge is 0.0771 e. The standard InChI is InChI=1S/C18H27NO/c1-14-7-9-18(20,10-8-14)13-19-17-11-16(12-17)15-5-3-2-4-6-15/h2-6,14,16-17,19-20H,7-13H2,1H3. The predicted octanol–water partition coefficient (Wildman–Crippen LogP) is 3.46. The van der Waals surface area contributed by atoms with E-state index in [-0.39, 0.29) is 0 Å². The minimum absolute atomic E-state index is 0.440. The van der Waals surface area contributed by atoms with Gasteiger partial charge in [0.1, 0.15) is 0 Å². The normalized spacial score (nSPS) is 37.4. The molecule has 20 heavy (non-hydrogen) atoms. The first kappa shape index (κ1) is 14.1. The average molecular weight is 273 g/mol. The van der Waals surface area contributed by atoms with E-state index in [0.29, 0.717) is 6.04 Å². The van der Waals surface area contributed by atoms with E-state index in [1.807, 2.05) is 0 Å². The predicted molar refractivity (Wildman–Crippen MR) is 82.8 cm³/mol. The number of aliphatic hydroxyl groups is 1. The maximum absolute atomic E-state index is 10.6. The highest BCUT2D eigenvalue weighted by molar-refractivity contribution is 5.22. The monoisotopic (exact) mass is 273 g/mol. The Morgan fingerprint density at radius 1 is 1.15 bits per heavy atom. The van der Waals surface area contributed by atoms with Gasteiger partial charge >= 0.3 is 0 Å². The van der Waals surface area contributed by atoms with Gasteiger partial charge in [-0.15, -0.1) is 0 Å². The fourth-order valence-corrected chi connectivity index (χ4v) is 3.59. The van der Waals surface area contributed by atoms with E-state index >= 15 is 0 Å². The zero-order valence-corrected chi connectivity index (χ0v) is 12.5. The van der Waals surface area contributed by atoms with Crippen molar-refractivity contribution in [2.75, 3.05) is 6.54 Å². The second-order valence-corrected chi connectivity index (χ2v) is 7.06. The molecule has 0 heterocycles. The molecule has 2 N–H and O–H groups in total. The summed E-state index contributed by atoms with van der Waals surface area (Å²) < 4.78 is 0. The Morgan fingerprint density at radius 3 is 2.45 bits per heavy atom. The van der Waals surface area contributed by atoms with Gasteiger partial charge in [-0.05, 0) is 55.9 Å². The minimum atomic E-state index is -0.440. The molecule has 0 spiro atoms. The summed E-state index contributed by atoms with van der Waals surface area (Å²) in [7, 11) is 0. The van der Waals surface area contributed by atoms with Gasteiger partial charge in [-0.3, -0.25) is 0 Å². The van der Waals surface area contributed by atoms with Crippen molar-refractivity contribution < 1.29 is 5.11 Å². The number of hydrogen-bond acceptors (Lipinski definition) is 2. The summed E-state index contributed by atoms with van der Waals surface area (Å²) in [5, 5.41) is 14.2. The Balaban J connectivity index is 1.41. The molecule has 0 bridgehead atoms. The number of rotatable bonds is 4. The van der Waals surface area contributed by atoms with Gasteiger partial charge in [0, 0.05) is 12.6 Å². The molecular formula is C18H27NO. The SMILES string of the molecule is CC1CCC(O)(CNC2CC(c3ccccc3)C2)CC1. The molecule has 1 aromatic carbocycles. The summed E-state index contributed by atoms with van der Waals surface area (Å²) in [6, 6.07) is 11.4. The highest BCUT2D eigenvalue weighted by Gasteiger charge is 2.35. The third-order valence-electron chi connectivity index (χ3n) is 5.33. The molecule has 2 aliphatic carbocycles. The van der Waals surface area contributed by atoms with Crippen LogP contribution in [0.1, 0.15) is 56.9 Å². The lowest BCUT2D eigenvalue weighted by Gasteiger charge is -2.41. The number of benzene rings is 1. The van der Waals surface area contributed by atoms with Crippen molar-refractivity contribution in [2.24, 2.45) is 5.92 Å². The van der Waals surface area contributed by atoms with Crippen LogP contribution in [0, 0.1) is 5.92 Å². The number of nitrogens with one attached hydrogen (secondary N) is 1. The van der Waals surface area contributed by atoms with Gasteiger partial charge in [0.25, 0.3) is 0 Å². The van der Waals surface area contributed by atoms with Crippen LogP contribution >= 0.6 is 0 Å². The first-order valence-electron chi connectivity index (χ1n) is 8.15. The lowest BCUT2D eigenvalue weighted by molar-refractivity contribution is -0.0108. The van der Waals surface area contributed by atoms with Gasteiger partial charge in [-0.1, -0.05) is 37.3 Å². The lowest BCUT2D eigenvalue weighted by Crippen LogP contribution is -2.49. The third-order valence-corrected chi connectivity index (χ3v) is 5.33. The quantitative estimate of drug-likeness (QED) is 0.880. The maximum Gasteiger partial charge on any atom is 0.0771 e. The molecule has 0 radical (unpaired) electrons. The fourth-order valence-electron chi connectivity index (χ4n) is 3.59. The van der Waals surface area contributed by atoms with Crippen LogP contribution in [0.4, 0.5) is 0 Å². The van der Waals surface area contributed by atoms with Gasteiger partial charge in [0.15, 0.2) is 0 Å². The Kier molecular flexibility index (Phi) is 4.13. The molecule has 0 saturated heterocycles. The Labute approximate surface area is 122 Å². The van der Waals surface area contributed by atoms with Gasteiger partial charge in [-0.25, -0.2) is 0 Å². The number of hydrogen-bond donors (Lipinski definition) is 2. The van der Waals surface area contributed by atoms with Crippen LogP contribution in [0.15, 0.2) is 30.3 Å². The molecule has 0 unspecified atom stereocenters. The molecule has 0 atom stereocenters. The molecule has 2 saturated carbocycles. The highest BCUT2D eigenvalue weighted by Crippen LogP contribution is 2.37. The summed E-state index contributed by atoms with van der Waals surface area (Å²) >= 11 is 0. The third kappa shape index (κ3) is 3.24. The molecule has 2 fully saturated rings. The molecule has 2 heteroatoms. The van der Waals surface area contributed by atoms with Crippen molar-refractivity contribution in [3.63, 3.8) is 0 Å². The average Bonchev–Trinajstić information content (AvgIpc) is 2.42. The van der Waals surface area contributed by atoms with E-state index < -0.39 is 5.60 Å². The lowest BCUT2D eigenvalue weighted by atomic mass is 9.75. The zero-order valence-electron chi connectivity index (χ0n) is 12.5. The second-order valence-electron chi connectivity index (χ2n) is 7.06. The van der Waals surface area contributed by atoms with Crippen LogP contribution in [0.3, 0.4) is 0 Å². The first-order valence-corrected chi connectivity index (χ1v) is 8.15. The molecule has 0 amide bonds. The molecule has 2 aliphatic rings. The van der Waals surface area contributed by atoms with E-state index in [1.165, 1.54) is 31.2 Å². The van der Waals surface area contributed by atoms with E-state index in [9.17, 15) is 5.11 Å². The van der Waals surface area contributed by atoms with Gasteiger partial charge in [0.2, 0.25) is 0 Å². The largest absolute Gasteiger partial charge is 0.389 e. The Morgan fingerprint density at radius 2 is 1.80 bits per heavy atom. The van der Waals surface area contributed by atoms with Crippen molar-refractivity contribution >= 4 is 0 Å². The van der Waals surface area contributed by atoms with Crippen molar-refractivity contribution in [2.45, 2.75) is 63.0 Å². The van der Waals surface area contributed by atoms with Crippen LogP contribution in [0.25, 0.3) is 0 Å². The second kappa shape index (κ2) is 5.87. The van der Waals surface area contributed by atoms with E-state index in [2.05, 4.69) is 42.6 Å². The first-order chi connectivity index (χ1) is 9.65.